The molecule has 1 aliphatic rings. The fraction of sp³-hybridized carbons (Fsp3) is 0.667. The molecule has 1 unspecified atom stereocenters. The molecule has 78 valence electrons. The van der Waals surface area contributed by atoms with Crippen LogP contribution in [0.15, 0.2) is 4.99 Å². The van der Waals surface area contributed by atoms with Gasteiger partial charge in [-0.05, 0) is 11.8 Å². The fourth-order valence-electron chi connectivity index (χ4n) is 0.885. The maximum absolute atomic E-state index is 10.8. The van der Waals surface area contributed by atoms with Gasteiger partial charge in [-0.15, -0.1) is 0 Å². The third-order valence-corrected chi connectivity index (χ3v) is 2.35. The van der Waals surface area contributed by atoms with Gasteiger partial charge in [0.2, 0.25) is 5.96 Å². The second-order valence-corrected chi connectivity index (χ2v) is 3.82. The van der Waals surface area contributed by atoms with Crippen molar-refractivity contribution in [3.63, 3.8) is 0 Å². The first-order chi connectivity index (χ1) is 6.50. The summed E-state index contributed by atoms with van der Waals surface area (Å²) >= 11 is 0. The average Bonchev–Trinajstić information content (AvgIpc) is 2.42. The maximum atomic E-state index is 10.8. The van der Waals surface area contributed by atoms with E-state index in [1.807, 2.05) is 0 Å². The van der Waals surface area contributed by atoms with Crippen molar-refractivity contribution in [1.29, 1.82) is 0 Å². The largest absolute Gasteiger partial charge is 0.316 e. The molecule has 1 atom stereocenters. The monoisotopic (exact) mass is 197 g/mol. The van der Waals surface area contributed by atoms with Gasteiger partial charge in [0.15, 0.2) is 0 Å². The quantitative estimate of drug-likeness (QED) is 0.619. The molecular weight excluding hydrogens is 182 g/mol. The first-order valence-electron chi connectivity index (χ1n) is 4.67. The summed E-state index contributed by atoms with van der Waals surface area (Å²) in [5, 5.41) is 4.70. The number of hydrogen-bond donors (Lipinski definition) is 2. The van der Waals surface area contributed by atoms with E-state index >= 15 is 0 Å². The third kappa shape index (κ3) is 2.55. The lowest BCUT2D eigenvalue weighted by atomic mass is 9.99. The molecule has 0 aromatic carbocycles. The Labute approximate surface area is 83.0 Å². The number of carbonyl (C=O) groups is 2. The Kier molecular flexibility index (Phi) is 3.22. The molecule has 14 heavy (non-hydrogen) atoms. The van der Waals surface area contributed by atoms with Crippen molar-refractivity contribution in [3.8, 4) is 0 Å². The summed E-state index contributed by atoms with van der Waals surface area (Å²) in [6, 6.07) is 0. The van der Waals surface area contributed by atoms with Crippen LogP contribution in [0.4, 0.5) is 0 Å². The van der Waals surface area contributed by atoms with E-state index in [0.29, 0.717) is 18.4 Å². The molecule has 0 spiro atoms. The van der Waals surface area contributed by atoms with Gasteiger partial charge in [0.1, 0.15) is 0 Å². The van der Waals surface area contributed by atoms with Crippen molar-refractivity contribution in [3.05, 3.63) is 0 Å². The standard InChI is InChI=1S/C9H15N3O2/c1-5(2)6(3)4-10-9-11-7(13)8(14)12-9/h5-6H,4H2,1-3H3,(H2,10,11,12,13,14). The first-order valence-corrected chi connectivity index (χ1v) is 4.67. The van der Waals surface area contributed by atoms with Crippen molar-refractivity contribution in [2.45, 2.75) is 20.8 Å². The van der Waals surface area contributed by atoms with E-state index in [4.69, 9.17) is 0 Å². The molecule has 1 fully saturated rings. The number of carbonyl (C=O) groups excluding carboxylic acids is 2. The molecule has 5 nitrogen and oxygen atoms in total. The third-order valence-electron chi connectivity index (χ3n) is 2.35. The van der Waals surface area contributed by atoms with Crippen LogP contribution in [0.1, 0.15) is 20.8 Å². The molecule has 2 N–H and O–H groups in total. The smallest absolute Gasteiger partial charge is 0.288 e. The van der Waals surface area contributed by atoms with Crippen LogP contribution in [0.3, 0.4) is 0 Å². The highest BCUT2D eigenvalue weighted by Crippen LogP contribution is 2.09. The molecule has 1 heterocycles. The van der Waals surface area contributed by atoms with E-state index in [1.165, 1.54) is 0 Å². The minimum absolute atomic E-state index is 0.271. The van der Waals surface area contributed by atoms with Crippen LogP contribution >= 0.6 is 0 Å². The van der Waals surface area contributed by atoms with Crippen molar-refractivity contribution in [2.75, 3.05) is 6.54 Å². The Hall–Kier alpha value is -1.39. The van der Waals surface area contributed by atoms with Gasteiger partial charge in [-0.2, -0.15) is 0 Å². The summed E-state index contributed by atoms with van der Waals surface area (Å²) in [5.74, 6) is -0.0431. The Morgan fingerprint density at radius 3 is 2.07 bits per heavy atom. The van der Waals surface area contributed by atoms with Gasteiger partial charge in [0.25, 0.3) is 0 Å². The predicted octanol–water partition coefficient (Wildman–Crippen LogP) is -0.120. The highest BCUT2D eigenvalue weighted by Gasteiger charge is 2.25. The molecule has 0 aromatic heterocycles. The first kappa shape index (κ1) is 10.7. The molecule has 2 amide bonds. The topological polar surface area (TPSA) is 70.6 Å². The van der Waals surface area contributed by atoms with Crippen LogP contribution in [0.2, 0.25) is 0 Å². The van der Waals surface area contributed by atoms with Crippen LogP contribution in [-0.2, 0) is 9.59 Å². The second kappa shape index (κ2) is 4.21. The van der Waals surface area contributed by atoms with E-state index < -0.39 is 11.8 Å². The summed E-state index contributed by atoms with van der Waals surface area (Å²) in [6.07, 6.45) is 0. The van der Waals surface area contributed by atoms with Crippen molar-refractivity contribution < 1.29 is 9.59 Å². The van der Waals surface area contributed by atoms with Gasteiger partial charge in [0, 0.05) is 6.54 Å². The predicted molar refractivity (Wildman–Crippen MR) is 52.6 cm³/mol. The zero-order valence-electron chi connectivity index (χ0n) is 8.63. The summed E-state index contributed by atoms with van der Waals surface area (Å²) in [5.41, 5.74) is 0. The molecule has 0 aliphatic carbocycles. The summed E-state index contributed by atoms with van der Waals surface area (Å²) in [4.78, 5) is 25.6. The van der Waals surface area contributed by atoms with E-state index in [9.17, 15) is 9.59 Å². The Morgan fingerprint density at radius 1 is 1.14 bits per heavy atom. The number of aliphatic imine (C=N–C) groups is 1. The fourth-order valence-corrected chi connectivity index (χ4v) is 0.885. The molecule has 0 aromatic rings. The van der Waals surface area contributed by atoms with Gasteiger partial charge in [-0.25, -0.2) is 0 Å². The molecule has 0 saturated carbocycles. The number of rotatable bonds is 3. The molecular formula is C9H15N3O2. The molecule has 5 heteroatoms. The van der Waals surface area contributed by atoms with E-state index in [2.05, 4.69) is 36.4 Å². The number of amides is 2. The molecule has 1 rings (SSSR count). The lowest BCUT2D eigenvalue weighted by Crippen LogP contribution is -2.26. The van der Waals surface area contributed by atoms with Crippen LogP contribution in [0, 0.1) is 11.8 Å². The highest BCUT2D eigenvalue weighted by atomic mass is 16.2. The average molecular weight is 197 g/mol. The maximum Gasteiger partial charge on any atom is 0.316 e. The molecule has 1 saturated heterocycles. The van der Waals surface area contributed by atoms with Crippen molar-refractivity contribution in [2.24, 2.45) is 16.8 Å². The number of hydrogen-bond acceptors (Lipinski definition) is 3. The van der Waals surface area contributed by atoms with Gasteiger partial charge in [-0.3, -0.25) is 25.2 Å². The van der Waals surface area contributed by atoms with Crippen LogP contribution in [0.5, 0.6) is 0 Å². The minimum Gasteiger partial charge on any atom is -0.288 e. The van der Waals surface area contributed by atoms with Gasteiger partial charge in [-0.1, -0.05) is 20.8 Å². The van der Waals surface area contributed by atoms with Crippen LogP contribution in [-0.4, -0.2) is 24.3 Å². The van der Waals surface area contributed by atoms with Crippen molar-refractivity contribution >= 4 is 17.8 Å². The number of nitrogens with one attached hydrogen (secondary N) is 2. The van der Waals surface area contributed by atoms with E-state index in [1.54, 1.807) is 0 Å². The zero-order valence-corrected chi connectivity index (χ0v) is 8.63. The molecule has 1 aliphatic heterocycles. The van der Waals surface area contributed by atoms with E-state index in [-0.39, 0.29) is 5.96 Å². The van der Waals surface area contributed by atoms with Gasteiger partial charge < -0.3 is 0 Å². The van der Waals surface area contributed by atoms with Crippen LogP contribution in [0.25, 0.3) is 0 Å². The lowest BCUT2D eigenvalue weighted by Gasteiger charge is -2.12. The van der Waals surface area contributed by atoms with Gasteiger partial charge >= 0.3 is 11.8 Å². The minimum atomic E-state index is -0.638. The SMILES string of the molecule is CC(C)C(C)CN=C1NC(=O)C(=O)N1. The molecule has 0 bridgehead atoms. The van der Waals surface area contributed by atoms with E-state index in [0.717, 1.165) is 0 Å². The second-order valence-electron chi connectivity index (χ2n) is 3.82. The summed E-state index contributed by atoms with van der Waals surface area (Å²) in [7, 11) is 0. The molecule has 0 radical (unpaired) electrons. The Balaban J connectivity index is 2.47. The Morgan fingerprint density at radius 2 is 1.64 bits per heavy atom. The normalized spacial score (nSPS) is 18.1. The van der Waals surface area contributed by atoms with Crippen LogP contribution < -0.4 is 10.6 Å². The van der Waals surface area contributed by atoms with Crippen molar-refractivity contribution in [1.82, 2.24) is 10.6 Å². The van der Waals surface area contributed by atoms with Gasteiger partial charge in [0.05, 0.1) is 0 Å². The highest BCUT2D eigenvalue weighted by molar-refractivity contribution is 6.45. The number of nitrogens with zero attached hydrogens (tertiary/aromatic N) is 1. The zero-order chi connectivity index (χ0) is 10.7. The lowest BCUT2D eigenvalue weighted by molar-refractivity contribution is -0.135. The Bertz CT molecular complexity index is 266. The summed E-state index contributed by atoms with van der Waals surface area (Å²) in [6.45, 7) is 6.90. The summed E-state index contributed by atoms with van der Waals surface area (Å²) < 4.78 is 0. The number of guanidine groups is 1.